The minimum absolute atomic E-state index is 0.00679. The van der Waals surface area contributed by atoms with E-state index in [1.165, 1.54) is 17.2 Å². The minimum Gasteiger partial charge on any atom is -0.505 e. The highest BCUT2D eigenvalue weighted by molar-refractivity contribution is 6.23. The van der Waals surface area contributed by atoms with Gasteiger partial charge in [0.15, 0.2) is 5.78 Å². The number of Topliss-reactive ketones (excluding diaryl/α,β-unsaturated/α-hetero) is 1. The van der Waals surface area contributed by atoms with E-state index in [-0.39, 0.29) is 45.2 Å². The SMILES string of the molecule is CC1CC(F)C=C(c2cc(C(C)(C)CC(C)(C)C)cc(-n3c4cc(C(C)(C)C)ccc4c4ccc(C(C)(C)C)cc43)c2O)C1=O. The number of allylic oxidation sites excluding steroid dienone is 2. The summed E-state index contributed by atoms with van der Waals surface area (Å²) >= 11 is 0. The van der Waals surface area contributed by atoms with Crippen LogP contribution in [0.2, 0.25) is 0 Å². The molecule has 0 fully saturated rings. The molecule has 5 rings (SSSR count). The van der Waals surface area contributed by atoms with E-state index in [9.17, 15) is 9.90 Å². The number of benzene rings is 3. The lowest BCUT2D eigenvalue weighted by atomic mass is 9.71. The number of alkyl halides is 1. The summed E-state index contributed by atoms with van der Waals surface area (Å²) in [6.07, 6.45) is 1.24. The van der Waals surface area contributed by atoms with Gasteiger partial charge in [0.2, 0.25) is 0 Å². The van der Waals surface area contributed by atoms with Crippen LogP contribution in [0.15, 0.2) is 54.6 Å². The topological polar surface area (TPSA) is 42.2 Å². The lowest BCUT2D eigenvalue weighted by Gasteiger charge is -2.34. The molecule has 2 unspecified atom stereocenters. The lowest BCUT2D eigenvalue weighted by molar-refractivity contribution is -0.117. The Bertz CT molecular complexity index is 1760. The fraction of sp³-hybridized carbons (Fsp3) is 0.488. The van der Waals surface area contributed by atoms with E-state index < -0.39 is 12.1 Å². The van der Waals surface area contributed by atoms with Gasteiger partial charge in [-0.1, -0.05) is 107 Å². The molecule has 0 bridgehead atoms. The maximum atomic E-state index is 15.0. The molecule has 0 saturated heterocycles. The highest BCUT2D eigenvalue weighted by Gasteiger charge is 2.34. The van der Waals surface area contributed by atoms with Gasteiger partial charge in [0.05, 0.1) is 16.7 Å². The van der Waals surface area contributed by atoms with Crippen molar-refractivity contribution in [3.05, 3.63) is 76.9 Å². The molecule has 4 heteroatoms. The van der Waals surface area contributed by atoms with E-state index in [4.69, 9.17) is 0 Å². The first kappa shape index (κ1) is 33.0. The Kier molecular flexibility index (Phi) is 7.95. The summed E-state index contributed by atoms with van der Waals surface area (Å²) in [7, 11) is 0. The molecule has 3 nitrogen and oxygen atoms in total. The fourth-order valence-corrected chi connectivity index (χ4v) is 7.29. The number of halogens is 1. The maximum absolute atomic E-state index is 15.0. The third kappa shape index (κ3) is 6.22. The summed E-state index contributed by atoms with van der Waals surface area (Å²) in [6, 6.07) is 17.3. The van der Waals surface area contributed by atoms with Crippen LogP contribution in [0.25, 0.3) is 33.1 Å². The van der Waals surface area contributed by atoms with Crippen molar-refractivity contribution < 1.29 is 14.3 Å². The summed E-state index contributed by atoms with van der Waals surface area (Å²) in [5.74, 6) is -0.568. The Labute approximate surface area is 269 Å². The third-order valence-corrected chi connectivity index (χ3v) is 9.51. The van der Waals surface area contributed by atoms with Crippen molar-refractivity contribution >= 4 is 33.2 Å². The largest absolute Gasteiger partial charge is 0.505 e. The van der Waals surface area contributed by atoms with Crippen molar-refractivity contribution in [1.29, 1.82) is 0 Å². The van der Waals surface area contributed by atoms with Crippen LogP contribution >= 0.6 is 0 Å². The van der Waals surface area contributed by atoms with Crippen molar-refractivity contribution in [2.75, 3.05) is 0 Å². The van der Waals surface area contributed by atoms with Crippen molar-refractivity contribution in [2.45, 2.75) is 118 Å². The summed E-state index contributed by atoms with van der Waals surface area (Å²) < 4.78 is 17.2. The molecule has 1 N–H and O–H groups in total. The van der Waals surface area contributed by atoms with E-state index >= 15 is 4.39 Å². The molecule has 45 heavy (non-hydrogen) atoms. The Morgan fingerprint density at radius 2 is 1.29 bits per heavy atom. The highest BCUT2D eigenvalue weighted by Crippen LogP contribution is 2.46. The molecule has 240 valence electrons. The van der Waals surface area contributed by atoms with Gasteiger partial charge in [0.25, 0.3) is 0 Å². The van der Waals surface area contributed by atoms with Gasteiger partial charge in [-0.05, 0) is 81.5 Å². The number of hydrogen-bond donors (Lipinski definition) is 1. The normalized spacial score (nSPS) is 18.6. The van der Waals surface area contributed by atoms with E-state index in [0.717, 1.165) is 33.8 Å². The number of phenolic OH excluding ortho intramolecular Hbond substituents is 1. The average Bonchev–Trinajstić information content (AvgIpc) is 3.21. The van der Waals surface area contributed by atoms with Crippen molar-refractivity contribution in [1.82, 2.24) is 4.57 Å². The summed E-state index contributed by atoms with van der Waals surface area (Å²) in [6.45, 7) is 26.2. The van der Waals surface area contributed by atoms with Gasteiger partial charge >= 0.3 is 0 Å². The zero-order valence-corrected chi connectivity index (χ0v) is 29.4. The van der Waals surface area contributed by atoms with Gasteiger partial charge in [-0.15, -0.1) is 0 Å². The average molecular weight is 610 g/mol. The van der Waals surface area contributed by atoms with E-state index in [2.05, 4.69) is 123 Å². The van der Waals surface area contributed by atoms with Gasteiger partial charge in [0.1, 0.15) is 11.9 Å². The van der Waals surface area contributed by atoms with Crippen LogP contribution in [-0.4, -0.2) is 21.6 Å². The van der Waals surface area contributed by atoms with Gasteiger partial charge < -0.3 is 9.67 Å². The molecule has 0 amide bonds. The van der Waals surface area contributed by atoms with Crippen molar-refractivity contribution in [2.24, 2.45) is 11.3 Å². The molecular weight excluding hydrogens is 557 g/mol. The predicted octanol–water partition coefficient (Wildman–Crippen LogP) is 11.1. The molecule has 0 spiro atoms. The van der Waals surface area contributed by atoms with Crippen LogP contribution in [-0.2, 0) is 21.0 Å². The quantitative estimate of drug-likeness (QED) is 0.250. The van der Waals surface area contributed by atoms with Crippen LogP contribution in [0.5, 0.6) is 5.75 Å². The van der Waals surface area contributed by atoms with Crippen LogP contribution < -0.4 is 0 Å². The van der Waals surface area contributed by atoms with E-state index in [1.54, 1.807) is 6.92 Å². The van der Waals surface area contributed by atoms with Crippen LogP contribution in [0, 0.1) is 11.3 Å². The van der Waals surface area contributed by atoms with Gasteiger partial charge in [-0.25, -0.2) is 4.39 Å². The minimum atomic E-state index is -1.24. The number of carbonyl (C=O) groups is 1. The monoisotopic (exact) mass is 609 g/mol. The Balaban J connectivity index is 1.95. The molecule has 1 aromatic heterocycles. The van der Waals surface area contributed by atoms with Gasteiger partial charge in [-0.2, -0.15) is 0 Å². The number of nitrogens with zero attached hydrogens (tertiary/aromatic N) is 1. The molecule has 0 saturated carbocycles. The summed E-state index contributed by atoms with van der Waals surface area (Å²) in [5, 5.41) is 14.5. The number of hydrogen-bond acceptors (Lipinski definition) is 2. The molecule has 1 heterocycles. The first-order valence-corrected chi connectivity index (χ1v) is 16.5. The molecule has 3 aromatic carbocycles. The molecule has 0 aliphatic heterocycles. The van der Waals surface area contributed by atoms with Gasteiger partial charge in [0, 0.05) is 27.8 Å². The molecular formula is C41H52FNO2. The highest BCUT2D eigenvalue weighted by atomic mass is 19.1. The number of aromatic hydroxyl groups is 1. The van der Waals surface area contributed by atoms with Crippen LogP contribution in [0.1, 0.15) is 118 Å². The van der Waals surface area contributed by atoms with Gasteiger partial charge in [-0.3, -0.25) is 4.79 Å². The van der Waals surface area contributed by atoms with Crippen LogP contribution in [0.4, 0.5) is 4.39 Å². The number of phenols is 1. The maximum Gasteiger partial charge on any atom is 0.166 e. The molecule has 0 radical (unpaired) electrons. The summed E-state index contributed by atoms with van der Waals surface area (Å²) in [5.41, 5.74) is 6.28. The Morgan fingerprint density at radius 1 is 0.778 bits per heavy atom. The van der Waals surface area contributed by atoms with Crippen molar-refractivity contribution in [3.8, 4) is 11.4 Å². The zero-order valence-electron chi connectivity index (χ0n) is 29.4. The van der Waals surface area contributed by atoms with Crippen molar-refractivity contribution in [3.63, 3.8) is 0 Å². The number of carbonyl (C=O) groups excluding carboxylic acids is 1. The second-order valence-electron chi connectivity index (χ2n) is 17.4. The van der Waals surface area contributed by atoms with E-state index in [1.807, 2.05) is 6.07 Å². The number of rotatable bonds is 4. The molecule has 2 atom stereocenters. The van der Waals surface area contributed by atoms with E-state index in [0.29, 0.717) is 11.3 Å². The Morgan fingerprint density at radius 3 is 1.76 bits per heavy atom. The third-order valence-electron chi connectivity index (χ3n) is 9.51. The first-order chi connectivity index (χ1) is 20.6. The summed E-state index contributed by atoms with van der Waals surface area (Å²) in [4.78, 5) is 13.6. The lowest BCUT2D eigenvalue weighted by Crippen LogP contribution is -2.26. The molecule has 4 aromatic rings. The fourth-order valence-electron chi connectivity index (χ4n) is 7.29. The predicted molar refractivity (Wildman–Crippen MR) is 189 cm³/mol. The Hall–Kier alpha value is -3.40. The zero-order chi connectivity index (χ0) is 33.4. The number of fused-ring (bicyclic) bond motifs is 3. The first-order valence-electron chi connectivity index (χ1n) is 16.5. The number of ketones is 1. The van der Waals surface area contributed by atoms with Crippen LogP contribution in [0.3, 0.4) is 0 Å². The second kappa shape index (κ2) is 10.9. The second-order valence-corrected chi connectivity index (χ2v) is 17.4. The number of aromatic nitrogens is 1. The molecule has 1 aliphatic carbocycles. The molecule has 1 aliphatic rings. The smallest absolute Gasteiger partial charge is 0.166 e. The standard InChI is InChI=1S/C41H52FNO2/c1-24-17-28(42)22-32(36(24)44)31-18-27(41(11,12)23-38(2,3)4)21-35(37(31)45)43-33-19-25(39(5,6)7)13-15-29(33)30-16-14-26(20-34(30)43)40(8,9)10/h13-16,18-22,24,28,45H,17,23H2,1-12H3.